The highest BCUT2D eigenvalue weighted by Gasteiger charge is 2.34. The van der Waals surface area contributed by atoms with E-state index >= 15 is 0 Å². The molecule has 2 aliphatic heterocycles. The Balaban J connectivity index is 1.43. The van der Waals surface area contributed by atoms with Gasteiger partial charge < -0.3 is 9.64 Å². The van der Waals surface area contributed by atoms with Gasteiger partial charge in [0.25, 0.3) is 5.91 Å². The van der Waals surface area contributed by atoms with Crippen LogP contribution in [0.2, 0.25) is 5.02 Å². The number of benzene rings is 2. The fourth-order valence-electron chi connectivity index (χ4n) is 4.78. The smallest absolute Gasteiger partial charge is 0.252 e. The van der Waals surface area contributed by atoms with Gasteiger partial charge in [-0.25, -0.2) is 4.39 Å². The van der Waals surface area contributed by atoms with Gasteiger partial charge in [0.2, 0.25) is 0 Å². The van der Waals surface area contributed by atoms with Gasteiger partial charge in [0, 0.05) is 55.8 Å². The van der Waals surface area contributed by atoms with Crippen molar-refractivity contribution in [2.24, 2.45) is 0 Å². The molecule has 0 bridgehead atoms. The third-order valence-electron chi connectivity index (χ3n) is 6.68. The Morgan fingerprint density at radius 2 is 1.97 bits per heavy atom. The molecule has 0 saturated carbocycles. The van der Waals surface area contributed by atoms with Crippen molar-refractivity contribution in [1.29, 1.82) is 0 Å². The molecule has 2 atom stereocenters. The van der Waals surface area contributed by atoms with Gasteiger partial charge in [0.05, 0.1) is 0 Å². The topological polar surface area (TPSA) is 49.9 Å². The zero-order valence-corrected chi connectivity index (χ0v) is 19.9. The molecule has 2 aromatic carbocycles. The molecule has 0 aromatic heterocycles. The number of ketones is 1. The number of ether oxygens (including phenoxy) is 1. The minimum Gasteiger partial charge on any atom is -0.368 e. The Bertz CT molecular complexity index is 1040. The van der Waals surface area contributed by atoms with E-state index in [1.54, 1.807) is 12.1 Å². The van der Waals surface area contributed by atoms with Gasteiger partial charge in [0.1, 0.15) is 11.9 Å². The summed E-state index contributed by atoms with van der Waals surface area (Å²) >= 11 is 6.40. The highest BCUT2D eigenvalue weighted by Crippen LogP contribution is 2.25. The number of Topliss-reactive ketones (excluding diaryl/α,β-unsaturated/α-hetero) is 1. The molecule has 33 heavy (non-hydrogen) atoms. The summed E-state index contributed by atoms with van der Waals surface area (Å²) in [6.45, 7) is 7.65. The van der Waals surface area contributed by atoms with Crippen molar-refractivity contribution in [3.8, 4) is 0 Å². The quantitative estimate of drug-likeness (QED) is 0.584. The standard InChI is InChI=1S/C26H30ClFN2O3/c1-17-15-29(8-9-30(17)26(32)25-7-4-10-33-25)16-21-12-22(27)11-20(18(21)2)14-24(31)19-5-3-6-23(28)13-19/h3,5-6,11-13,17,25H,4,7-10,14-16H2,1-2H3/t17-,25-/m0/s1. The lowest BCUT2D eigenvalue weighted by Gasteiger charge is -2.41. The van der Waals surface area contributed by atoms with E-state index in [4.69, 9.17) is 16.3 Å². The number of piperazine rings is 1. The first-order valence-electron chi connectivity index (χ1n) is 11.5. The summed E-state index contributed by atoms with van der Waals surface area (Å²) in [4.78, 5) is 29.7. The van der Waals surface area contributed by atoms with Crippen LogP contribution in [-0.2, 0) is 22.5 Å². The van der Waals surface area contributed by atoms with Gasteiger partial charge in [0.15, 0.2) is 5.78 Å². The second-order valence-electron chi connectivity index (χ2n) is 9.08. The van der Waals surface area contributed by atoms with Gasteiger partial charge in [-0.2, -0.15) is 0 Å². The number of halogens is 2. The molecule has 2 heterocycles. The van der Waals surface area contributed by atoms with E-state index in [1.807, 2.05) is 24.0 Å². The molecule has 0 unspecified atom stereocenters. The van der Waals surface area contributed by atoms with Crippen molar-refractivity contribution in [2.75, 3.05) is 26.2 Å². The monoisotopic (exact) mass is 472 g/mol. The van der Waals surface area contributed by atoms with E-state index in [1.165, 1.54) is 12.1 Å². The molecule has 1 amide bonds. The third-order valence-corrected chi connectivity index (χ3v) is 6.90. The maximum atomic E-state index is 13.5. The molecule has 4 rings (SSSR count). The van der Waals surface area contributed by atoms with E-state index in [-0.39, 0.29) is 30.3 Å². The van der Waals surface area contributed by atoms with Crippen LogP contribution in [0.4, 0.5) is 4.39 Å². The maximum absolute atomic E-state index is 13.5. The van der Waals surface area contributed by atoms with Crippen LogP contribution in [0.3, 0.4) is 0 Å². The minimum absolute atomic E-state index is 0.101. The van der Waals surface area contributed by atoms with Gasteiger partial charge in [-0.05, 0) is 67.6 Å². The van der Waals surface area contributed by atoms with Crippen LogP contribution in [-0.4, -0.2) is 59.9 Å². The van der Waals surface area contributed by atoms with Crippen molar-refractivity contribution in [3.63, 3.8) is 0 Å². The average Bonchev–Trinajstić information content (AvgIpc) is 3.31. The highest BCUT2D eigenvalue weighted by atomic mass is 35.5. The van der Waals surface area contributed by atoms with E-state index in [0.29, 0.717) is 30.3 Å². The van der Waals surface area contributed by atoms with Crippen LogP contribution in [0.25, 0.3) is 0 Å². The van der Waals surface area contributed by atoms with Crippen LogP contribution in [0.1, 0.15) is 46.8 Å². The lowest BCUT2D eigenvalue weighted by molar-refractivity contribution is -0.145. The van der Waals surface area contributed by atoms with Crippen LogP contribution in [0.5, 0.6) is 0 Å². The Kier molecular flexibility index (Phi) is 7.47. The molecule has 176 valence electrons. The first kappa shape index (κ1) is 23.9. The number of carbonyl (C=O) groups excluding carboxylic acids is 2. The van der Waals surface area contributed by atoms with Crippen molar-refractivity contribution >= 4 is 23.3 Å². The lowest BCUT2D eigenvalue weighted by Crippen LogP contribution is -2.55. The summed E-state index contributed by atoms with van der Waals surface area (Å²) < 4.78 is 19.1. The van der Waals surface area contributed by atoms with Gasteiger partial charge in [-0.3, -0.25) is 14.5 Å². The Morgan fingerprint density at radius 3 is 2.67 bits per heavy atom. The number of rotatable bonds is 6. The molecule has 0 radical (unpaired) electrons. The Labute approximate surface area is 199 Å². The number of carbonyl (C=O) groups is 2. The summed E-state index contributed by atoms with van der Waals surface area (Å²) in [6.07, 6.45) is 1.64. The molecule has 7 heteroatoms. The van der Waals surface area contributed by atoms with Crippen LogP contribution in [0.15, 0.2) is 36.4 Å². The van der Waals surface area contributed by atoms with E-state index in [2.05, 4.69) is 11.8 Å². The molecule has 0 spiro atoms. The zero-order valence-electron chi connectivity index (χ0n) is 19.2. The predicted molar refractivity (Wildman–Crippen MR) is 126 cm³/mol. The Hall–Kier alpha value is -2.28. The predicted octanol–water partition coefficient (Wildman–Crippen LogP) is 4.42. The van der Waals surface area contributed by atoms with E-state index in [9.17, 15) is 14.0 Å². The maximum Gasteiger partial charge on any atom is 0.252 e. The fourth-order valence-corrected chi connectivity index (χ4v) is 5.05. The molecule has 5 nitrogen and oxygen atoms in total. The molecule has 2 aromatic rings. The second-order valence-corrected chi connectivity index (χ2v) is 9.51. The minimum atomic E-state index is -0.421. The lowest BCUT2D eigenvalue weighted by atomic mass is 9.95. The Morgan fingerprint density at radius 1 is 1.18 bits per heavy atom. The number of amides is 1. The largest absolute Gasteiger partial charge is 0.368 e. The highest BCUT2D eigenvalue weighted by molar-refractivity contribution is 6.30. The van der Waals surface area contributed by atoms with Crippen molar-refractivity contribution in [3.05, 3.63) is 69.5 Å². The van der Waals surface area contributed by atoms with Crippen LogP contribution < -0.4 is 0 Å². The van der Waals surface area contributed by atoms with Gasteiger partial charge in [-0.15, -0.1) is 0 Å². The first-order valence-corrected chi connectivity index (χ1v) is 11.9. The number of hydrogen-bond acceptors (Lipinski definition) is 4. The van der Waals surface area contributed by atoms with E-state index < -0.39 is 5.82 Å². The van der Waals surface area contributed by atoms with Gasteiger partial charge in [-0.1, -0.05) is 23.7 Å². The molecular weight excluding hydrogens is 443 g/mol. The summed E-state index contributed by atoms with van der Waals surface area (Å²) in [5.41, 5.74) is 3.30. The SMILES string of the molecule is Cc1c(CC(=O)c2cccc(F)c2)cc(Cl)cc1CN1CCN(C(=O)[C@@H]2CCCO2)[C@@H](C)C1. The fraction of sp³-hybridized carbons (Fsp3) is 0.462. The summed E-state index contributed by atoms with van der Waals surface area (Å²) in [6, 6.07) is 9.63. The first-order chi connectivity index (χ1) is 15.8. The molecular formula is C26H30ClFN2O3. The zero-order chi connectivity index (χ0) is 23.5. The number of hydrogen-bond donors (Lipinski definition) is 0. The number of nitrogens with zero attached hydrogens (tertiary/aromatic N) is 2. The summed E-state index contributed by atoms with van der Waals surface area (Å²) in [5.74, 6) is -0.451. The van der Waals surface area contributed by atoms with Crippen LogP contribution >= 0.6 is 11.6 Å². The van der Waals surface area contributed by atoms with Crippen molar-refractivity contribution in [2.45, 2.75) is 51.8 Å². The summed E-state index contributed by atoms with van der Waals surface area (Å²) in [5, 5.41) is 0.581. The average molecular weight is 473 g/mol. The second kappa shape index (κ2) is 10.3. The van der Waals surface area contributed by atoms with E-state index in [0.717, 1.165) is 42.6 Å². The molecule has 0 N–H and O–H groups in total. The molecule has 2 saturated heterocycles. The van der Waals surface area contributed by atoms with Crippen molar-refractivity contribution < 1.29 is 18.7 Å². The third kappa shape index (κ3) is 5.62. The van der Waals surface area contributed by atoms with Gasteiger partial charge >= 0.3 is 0 Å². The normalized spacial score (nSPS) is 21.4. The molecule has 2 aliphatic rings. The van der Waals surface area contributed by atoms with Crippen LogP contribution in [0, 0.1) is 12.7 Å². The van der Waals surface area contributed by atoms with Crippen molar-refractivity contribution in [1.82, 2.24) is 9.80 Å². The molecule has 0 aliphatic carbocycles. The molecule has 2 fully saturated rings. The summed E-state index contributed by atoms with van der Waals surface area (Å²) in [7, 11) is 0.